The largest absolute Gasteiger partial charge is 0.441 e. The third-order valence-corrected chi connectivity index (χ3v) is 6.46. The van der Waals surface area contributed by atoms with Crippen LogP contribution in [0, 0.1) is 12.8 Å². The minimum atomic E-state index is 0.125. The molecule has 162 valence electrons. The summed E-state index contributed by atoms with van der Waals surface area (Å²) < 4.78 is 5.88. The number of piperidine rings is 1. The molecule has 7 heteroatoms. The maximum absolute atomic E-state index is 12.5. The average molecular weight is 431 g/mol. The van der Waals surface area contributed by atoms with E-state index in [-0.39, 0.29) is 11.8 Å². The van der Waals surface area contributed by atoms with E-state index in [1.165, 1.54) is 25.9 Å². The zero-order valence-electron chi connectivity index (χ0n) is 17.7. The Labute approximate surface area is 183 Å². The Morgan fingerprint density at radius 1 is 1.20 bits per heavy atom. The van der Waals surface area contributed by atoms with E-state index in [0.29, 0.717) is 10.9 Å². The predicted molar refractivity (Wildman–Crippen MR) is 118 cm³/mol. The quantitative estimate of drug-likeness (QED) is 0.725. The Bertz CT molecular complexity index is 855. The standard InChI is InChI=1S/C23H31ClN4O2/c1-17-21(26-23(30-17)19-5-4-6-20(24)15-19)16-28-12-7-18(8-13-28)22(29)25-9-14-27-10-2-3-11-27/h4-6,15,18H,2-3,7-14,16H2,1H3,(H,25,29). The summed E-state index contributed by atoms with van der Waals surface area (Å²) in [5, 5.41) is 3.81. The van der Waals surface area contributed by atoms with Crippen LogP contribution in [-0.4, -0.2) is 60.0 Å². The highest BCUT2D eigenvalue weighted by Gasteiger charge is 2.26. The first-order valence-electron chi connectivity index (χ1n) is 11.0. The molecule has 1 amide bonds. The number of likely N-dealkylation sites (tertiary alicyclic amines) is 2. The maximum atomic E-state index is 12.5. The fourth-order valence-corrected chi connectivity index (χ4v) is 4.56. The van der Waals surface area contributed by atoms with Gasteiger partial charge in [-0.2, -0.15) is 0 Å². The summed E-state index contributed by atoms with van der Waals surface area (Å²) >= 11 is 6.09. The lowest BCUT2D eigenvalue weighted by molar-refractivity contribution is -0.126. The molecule has 2 aliphatic heterocycles. The van der Waals surface area contributed by atoms with Crippen LogP contribution < -0.4 is 5.32 Å². The minimum Gasteiger partial charge on any atom is -0.441 e. The van der Waals surface area contributed by atoms with Crippen LogP contribution in [0.1, 0.15) is 37.1 Å². The smallest absolute Gasteiger partial charge is 0.226 e. The highest BCUT2D eigenvalue weighted by atomic mass is 35.5. The van der Waals surface area contributed by atoms with E-state index in [2.05, 4.69) is 15.1 Å². The third kappa shape index (κ3) is 5.42. The lowest BCUT2D eigenvalue weighted by Gasteiger charge is -2.30. The van der Waals surface area contributed by atoms with Crippen molar-refractivity contribution >= 4 is 17.5 Å². The number of oxazole rings is 1. The van der Waals surface area contributed by atoms with E-state index < -0.39 is 0 Å². The highest BCUT2D eigenvalue weighted by molar-refractivity contribution is 6.30. The Balaban J connectivity index is 1.24. The normalized spacial score (nSPS) is 18.7. The summed E-state index contributed by atoms with van der Waals surface area (Å²) in [4.78, 5) is 22.0. The zero-order valence-corrected chi connectivity index (χ0v) is 18.5. The number of halogens is 1. The molecule has 0 bridgehead atoms. The first-order valence-corrected chi connectivity index (χ1v) is 11.4. The molecule has 3 heterocycles. The van der Waals surface area contributed by atoms with Gasteiger partial charge in [0.25, 0.3) is 0 Å². The van der Waals surface area contributed by atoms with Crippen molar-refractivity contribution in [2.75, 3.05) is 39.3 Å². The van der Waals surface area contributed by atoms with Gasteiger partial charge < -0.3 is 14.6 Å². The molecule has 0 atom stereocenters. The number of carbonyl (C=O) groups excluding carboxylic acids is 1. The molecular formula is C23H31ClN4O2. The summed E-state index contributed by atoms with van der Waals surface area (Å²) in [7, 11) is 0. The van der Waals surface area contributed by atoms with Gasteiger partial charge in [-0.3, -0.25) is 9.69 Å². The monoisotopic (exact) mass is 430 g/mol. The lowest BCUT2D eigenvalue weighted by Crippen LogP contribution is -2.42. The molecule has 1 N–H and O–H groups in total. The van der Waals surface area contributed by atoms with E-state index in [4.69, 9.17) is 21.0 Å². The number of benzene rings is 1. The van der Waals surface area contributed by atoms with Crippen molar-refractivity contribution < 1.29 is 9.21 Å². The zero-order chi connectivity index (χ0) is 20.9. The lowest BCUT2D eigenvalue weighted by atomic mass is 9.96. The van der Waals surface area contributed by atoms with Crippen LogP contribution in [0.2, 0.25) is 5.02 Å². The van der Waals surface area contributed by atoms with E-state index in [9.17, 15) is 4.79 Å². The summed E-state index contributed by atoms with van der Waals surface area (Å²) in [5.74, 6) is 1.79. The van der Waals surface area contributed by atoms with Crippen molar-refractivity contribution in [2.24, 2.45) is 5.92 Å². The number of hydrogen-bond acceptors (Lipinski definition) is 5. The van der Waals surface area contributed by atoms with Crippen LogP contribution in [0.3, 0.4) is 0 Å². The molecule has 30 heavy (non-hydrogen) atoms. The molecule has 0 spiro atoms. The molecule has 2 fully saturated rings. The van der Waals surface area contributed by atoms with E-state index >= 15 is 0 Å². The van der Waals surface area contributed by atoms with Gasteiger partial charge in [-0.15, -0.1) is 0 Å². The van der Waals surface area contributed by atoms with Crippen LogP contribution in [0.25, 0.3) is 11.5 Å². The molecular weight excluding hydrogens is 400 g/mol. The van der Waals surface area contributed by atoms with Gasteiger partial charge in [-0.25, -0.2) is 4.98 Å². The average Bonchev–Trinajstić information content (AvgIpc) is 3.39. The molecule has 0 radical (unpaired) electrons. The summed E-state index contributed by atoms with van der Waals surface area (Å²) in [6, 6.07) is 7.56. The molecule has 2 aromatic rings. The Morgan fingerprint density at radius 2 is 1.97 bits per heavy atom. The van der Waals surface area contributed by atoms with Gasteiger partial charge in [0.1, 0.15) is 5.76 Å². The van der Waals surface area contributed by atoms with Crippen molar-refractivity contribution in [1.82, 2.24) is 20.1 Å². The Kier molecular flexibility index (Phi) is 7.08. The number of aryl methyl sites for hydroxylation is 1. The van der Waals surface area contributed by atoms with Crippen LogP contribution in [0.4, 0.5) is 0 Å². The second-order valence-electron chi connectivity index (χ2n) is 8.42. The summed E-state index contributed by atoms with van der Waals surface area (Å²) in [6.07, 6.45) is 4.37. The molecule has 2 saturated heterocycles. The van der Waals surface area contributed by atoms with Crippen LogP contribution in [-0.2, 0) is 11.3 Å². The molecule has 0 saturated carbocycles. The van der Waals surface area contributed by atoms with Gasteiger partial charge in [0.2, 0.25) is 11.8 Å². The first-order chi connectivity index (χ1) is 14.6. The van der Waals surface area contributed by atoms with Gasteiger partial charge in [-0.05, 0) is 77.0 Å². The molecule has 6 nitrogen and oxygen atoms in total. The van der Waals surface area contributed by atoms with Gasteiger partial charge in [-0.1, -0.05) is 17.7 Å². The number of aromatic nitrogens is 1. The number of rotatable bonds is 7. The van der Waals surface area contributed by atoms with Gasteiger partial charge >= 0.3 is 0 Å². The molecule has 1 aromatic carbocycles. The third-order valence-electron chi connectivity index (χ3n) is 6.22. The SMILES string of the molecule is Cc1oc(-c2cccc(Cl)c2)nc1CN1CCC(C(=O)NCCN2CCCC2)CC1. The van der Waals surface area contributed by atoms with Gasteiger partial charge in [0.15, 0.2) is 0 Å². The van der Waals surface area contributed by atoms with Crippen molar-refractivity contribution in [3.05, 3.63) is 40.7 Å². The molecule has 0 unspecified atom stereocenters. The molecule has 0 aliphatic carbocycles. The molecule has 1 aromatic heterocycles. The van der Waals surface area contributed by atoms with Gasteiger partial charge in [0.05, 0.1) is 5.69 Å². The minimum absolute atomic E-state index is 0.125. The van der Waals surface area contributed by atoms with Crippen molar-refractivity contribution in [3.63, 3.8) is 0 Å². The molecule has 4 rings (SSSR count). The maximum Gasteiger partial charge on any atom is 0.226 e. The topological polar surface area (TPSA) is 61.6 Å². The van der Waals surface area contributed by atoms with E-state index in [0.717, 1.165) is 62.6 Å². The fourth-order valence-electron chi connectivity index (χ4n) is 4.37. The van der Waals surface area contributed by atoms with Crippen LogP contribution >= 0.6 is 11.6 Å². The second-order valence-corrected chi connectivity index (χ2v) is 8.86. The van der Waals surface area contributed by atoms with E-state index in [1.54, 1.807) is 0 Å². The van der Waals surface area contributed by atoms with Crippen molar-refractivity contribution in [2.45, 2.75) is 39.2 Å². The number of hydrogen-bond donors (Lipinski definition) is 1. The predicted octanol–water partition coefficient (Wildman–Crippen LogP) is 3.73. The number of amides is 1. The molecule has 2 aliphatic rings. The van der Waals surface area contributed by atoms with Crippen LogP contribution in [0.15, 0.2) is 28.7 Å². The Hall–Kier alpha value is -1.89. The number of carbonyl (C=O) groups is 1. The Morgan fingerprint density at radius 3 is 2.70 bits per heavy atom. The van der Waals surface area contributed by atoms with E-state index in [1.807, 2.05) is 31.2 Å². The van der Waals surface area contributed by atoms with Crippen molar-refractivity contribution in [1.29, 1.82) is 0 Å². The summed E-state index contributed by atoms with van der Waals surface area (Å²) in [6.45, 7) is 8.61. The van der Waals surface area contributed by atoms with Crippen molar-refractivity contribution in [3.8, 4) is 11.5 Å². The summed E-state index contributed by atoms with van der Waals surface area (Å²) in [5.41, 5.74) is 1.85. The first kappa shape index (κ1) is 21.3. The number of nitrogens with zero attached hydrogens (tertiary/aromatic N) is 3. The fraction of sp³-hybridized carbons (Fsp3) is 0.565. The second kappa shape index (κ2) is 9.94. The number of nitrogens with one attached hydrogen (secondary N) is 1. The van der Waals surface area contributed by atoms with Gasteiger partial charge in [0, 0.05) is 36.1 Å². The highest BCUT2D eigenvalue weighted by Crippen LogP contribution is 2.26. The van der Waals surface area contributed by atoms with Crippen LogP contribution in [0.5, 0.6) is 0 Å².